The minimum absolute atomic E-state index is 0.238. The van der Waals surface area contributed by atoms with Crippen LogP contribution in [0, 0.1) is 16.0 Å². The first-order valence-corrected chi connectivity index (χ1v) is 6.65. The number of hydrogen-bond acceptors (Lipinski definition) is 4. The van der Waals surface area contributed by atoms with Crippen LogP contribution in [0.2, 0.25) is 0 Å². The Morgan fingerprint density at radius 3 is 2.70 bits per heavy atom. The molecule has 0 aliphatic carbocycles. The van der Waals surface area contributed by atoms with Gasteiger partial charge in [-0.25, -0.2) is 4.98 Å². The Labute approximate surface area is 123 Å². The molecule has 0 amide bonds. The molecule has 0 aliphatic heterocycles. The third-order valence-electron chi connectivity index (χ3n) is 2.93. The highest BCUT2D eigenvalue weighted by atomic mass is 32.1. The van der Waals surface area contributed by atoms with Crippen LogP contribution in [-0.2, 0) is 0 Å². The highest BCUT2D eigenvalue weighted by molar-refractivity contribution is 7.71. The van der Waals surface area contributed by atoms with E-state index in [1.54, 1.807) is 31.4 Å². The number of hydrogen-bond donors (Lipinski definition) is 1. The van der Waals surface area contributed by atoms with Crippen LogP contribution >= 0.6 is 12.2 Å². The Morgan fingerprint density at radius 2 is 2.10 bits per heavy atom. The highest BCUT2D eigenvalue weighted by Gasteiger charge is 2.10. The summed E-state index contributed by atoms with van der Waals surface area (Å²) in [5, 5.41) is 9.04. The maximum Gasteiger partial charge on any atom is 0.130 e. The monoisotopic (exact) mass is 285 g/mol. The van der Waals surface area contributed by atoms with E-state index >= 15 is 0 Å². The molecule has 1 N–H and O–H groups in total. The molecule has 1 aromatic heterocycles. The molecule has 5 heteroatoms. The van der Waals surface area contributed by atoms with Crippen molar-refractivity contribution in [1.82, 2.24) is 9.97 Å². The van der Waals surface area contributed by atoms with Crippen LogP contribution in [-0.4, -0.2) is 17.1 Å². The van der Waals surface area contributed by atoms with Crippen LogP contribution < -0.4 is 4.74 Å². The van der Waals surface area contributed by atoms with E-state index < -0.39 is 0 Å². The molecule has 0 saturated carbocycles. The average molecular weight is 285 g/mol. The molecule has 0 bridgehead atoms. The summed E-state index contributed by atoms with van der Waals surface area (Å²) in [6, 6.07) is 9.19. The van der Waals surface area contributed by atoms with Gasteiger partial charge in [-0.15, -0.1) is 0 Å². The van der Waals surface area contributed by atoms with Gasteiger partial charge in [-0.1, -0.05) is 26.1 Å². The molecule has 0 unspecified atom stereocenters. The fraction of sp³-hybridized carbons (Fsp3) is 0.267. The van der Waals surface area contributed by atoms with E-state index in [2.05, 4.69) is 16.0 Å². The van der Waals surface area contributed by atoms with Crippen LogP contribution in [0.15, 0.2) is 24.3 Å². The SMILES string of the molecule is COc1ccc(C#N)cc1-c1cc(=S)nc(C(C)C)[nH]1. The standard InChI is InChI=1S/C15H15N3OS/c1-9(2)15-17-12(7-14(20)18-15)11-6-10(8-16)4-5-13(11)19-3/h4-7,9H,1-3H3,(H,17,18,20). The van der Waals surface area contributed by atoms with Gasteiger partial charge >= 0.3 is 0 Å². The van der Waals surface area contributed by atoms with Crippen molar-refractivity contribution in [3.63, 3.8) is 0 Å². The summed E-state index contributed by atoms with van der Waals surface area (Å²) in [4.78, 5) is 7.57. The quantitative estimate of drug-likeness (QED) is 0.871. The number of ether oxygens (including phenoxy) is 1. The van der Waals surface area contributed by atoms with Crippen LogP contribution in [0.5, 0.6) is 5.75 Å². The predicted molar refractivity (Wildman–Crippen MR) is 80.2 cm³/mol. The van der Waals surface area contributed by atoms with E-state index in [1.165, 1.54) is 0 Å². The molecule has 1 aromatic carbocycles. The predicted octanol–water partition coefficient (Wildman–Crippen LogP) is 3.81. The summed E-state index contributed by atoms with van der Waals surface area (Å²) in [5.41, 5.74) is 2.19. The Bertz CT molecular complexity index is 729. The number of methoxy groups -OCH3 is 1. The summed E-state index contributed by atoms with van der Waals surface area (Å²) < 4.78 is 5.88. The van der Waals surface area contributed by atoms with Crippen LogP contribution in [0.25, 0.3) is 11.3 Å². The largest absolute Gasteiger partial charge is 0.496 e. The van der Waals surface area contributed by atoms with Crippen molar-refractivity contribution in [2.45, 2.75) is 19.8 Å². The first-order valence-electron chi connectivity index (χ1n) is 6.25. The van der Waals surface area contributed by atoms with Crippen molar-refractivity contribution in [2.24, 2.45) is 0 Å². The molecule has 0 saturated heterocycles. The topological polar surface area (TPSA) is 61.7 Å². The maximum atomic E-state index is 9.04. The van der Waals surface area contributed by atoms with E-state index in [4.69, 9.17) is 22.2 Å². The first-order chi connectivity index (χ1) is 9.55. The van der Waals surface area contributed by atoms with Gasteiger partial charge in [0.15, 0.2) is 0 Å². The van der Waals surface area contributed by atoms with Gasteiger partial charge < -0.3 is 9.72 Å². The fourth-order valence-corrected chi connectivity index (χ4v) is 2.10. The summed E-state index contributed by atoms with van der Waals surface area (Å²) >= 11 is 5.21. The minimum Gasteiger partial charge on any atom is -0.496 e. The first kappa shape index (κ1) is 14.2. The molecule has 0 spiro atoms. The Hall–Kier alpha value is -2.19. The van der Waals surface area contributed by atoms with Gasteiger partial charge in [-0.3, -0.25) is 0 Å². The lowest BCUT2D eigenvalue weighted by Crippen LogP contribution is -2.00. The van der Waals surface area contributed by atoms with Crippen molar-refractivity contribution in [3.8, 4) is 23.1 Å². The number of nitrogens with zero attached hydrogens (tertiary/aromatic N) is 2. The van der Waals surface area contributed by atoms with Gasteiger partial charge in [-0.2, -0.15) is 5.26 Å². The fourth-order valence-electron chi connectivity index (χ4n) is 1.88. The second-order valence-corrected chi connectivity index (χ2v) is 5.12. The van der Waals surface area contributed by atoms with Gasteiger partial charge in [0.25, 0.3) is 0 Å². The molecule has 20 heavy (non-hydrogen) atoms. The lowest BCUT2D eigenvalue weighted by atomic mass is 10.1. The second-order valence-electron chi connectivity index (χ2n) is 4.70. The molecule has 2 rings (SSSR count). The normalized spacial score (nSPS) is 10.3. The third-order valence-corrected chi connectivity index (χ3v) is 3.14. The number of aromatic nitrogens is 2. The Kier molecular flexibility index (Phi) is 4.16. The molecule has 0 fully saturated rings. The van der Waals surface area contributed by atoms with Gasteiger partial charge in [0.2, 0.25) is 0 Å². The highest BCUT2D eigenvalue weighted by Crippen LogP contribution is 2.30. The molecule has 0 radical (unpaired) electrons. The van der Waals surface area contributed by atoms with Crippen molar-refractivity contribution >= 4 is 12.2 Å². The van der Waals surface area contributed by atoms with Crippen LogP contribution in [0.1, 0.15) is 31.2 Å². The minimum atomic E-state index is 0.238. The lowest BCUT2D eigenvalue weighted by molar-refractivity contribution is 0.416. The number of H-pyrrole nitrogens is 1. The molecule has 102 valence electrons. The van der Waals surface area contributed by atoms with E-state index in [0.29, 0.717) is 16.0 Å². The Morgan fingerprint density at radius 1 is 1.35 bits per heavy atom. The van der Waals surface area contributed by atoms with E-state index in [1.807, 2.05) is 13.8 Å². The summed E-state index contributed by atoms with van der Waals surface area (Å²) in [6.07, 6.45) is 0. The number of aromatic amines is 1. The number of nitriles is 1. The van der Waals surface area contributed by atoms with Crippen LogP contribution in [0.4, 0.5) is 0 Å². The molecular formula is C15H15N3OS. The van der Waals surface area contributed by atoms with Crippen molar-refractivity contribution in [1.29, 1.82) is 5.26 Å². The molecular weight excluding hydrogens is 270 g/mol. The average Bonchev–Trinajstić information content (AvgIpc) is 2.45. The van der Waals surface area contributed by atoms with E-state index in [9.17, 15) is 0 Å². The smallest absolute Gasteiger partial charge is 0.130 e. The summed E-state index contributed by atoms with van der Waals surface area (Å²) in [7, 11) is 1.60. The van der Waals surface area contributed by atoms with Gasteiger partial charge in [-0.05, 0) is 24.3 Å². The van der Waals surface area contributed by atoms with Gasteiger partial charge in [0.05, 0.1) is 24.4 Å². The number of nitrogens with one attached hydrogen (secondary N) is 1. The number of rotatable bonds is 3. The number of benzene rings is 1. The van der Waals surface area contributed by atoms with E-state index in [0.717, 1.165) is 17.1 Å². The van der Waals surface area contributed by atoms with Gasteiger partial charge in [0, 0.05) is 11.5 Å². The third kappa shape index (κ3) is 2.86. The van der Waals surface area contributed by atoms with Crippen LogP contribution in [0.3, 0.4) is 0 Å². The second kappa shape index (κ2) is 5.85. The molecule has 2 aromatic rings. The van der Waals surface area contributed by atoms with E-state index in [-0.39, 0.29) is 5.92 Å². The molecule has 1 heterocycles. The zero-order valence-corrected chi connectivity index (χ0v) is 12.4. The lowest BCUT2D eigenvalue weighted by Gasteiger charge is -2.12. The van der Waals surface area contributed by atoms with Crippen molar-refractivity contribution in [2.75, 3.05) is 7.11 Å². The summed E-state index contributed by atoms with van der Waals surface area (Å²) in [5.74, 6) is 1.74. The molecule has 0 aliphatic rings. The zero-order chi connectivity index (χ0) is 14.7. The summed E-state index contributed by atoms with van der Waals surface area (Å²) in [6.45, 7) is 4.08. The van der Waals surface area contributed by atoms with Crippen molar-refractivity contribution < 1.29 is 4.74 Å². The zero-order valence-electron chi connectivity index (χ0n) is 11.6. The maximum absolute atomic E-state index is 9.04. The van der Waals surface area contributed by atoms with Gasteiger partial charge in [0.1, 0.15) is 16.2 Å². The van der Waals surface area contributed by atoms with Crippen molar-refractivity contribution in [3.05, 3.63) is 40.3 Å². The molecule has 0 atom stereocenters. The Balaban J connectivity index is 2.67. The molecule has 4 nitrogen and oxygen atoms in total.